The third-order valence-corrected chi connectivity index (χ3v) is 13.7. The number of sulfonamides is 2. The molecule has 0 aliphatic carbocycles. The highest BCUT2D eigenvalue weighted by atomic mass is 32.2. The molecule has 2 atom stereocenters. The van der Waals surface area contributed by atoms with Gasteiger partial charge in [-0.1, -0.05) is 115 Å². The van der Waals surface area contributed by atoms with Crippen molar-refractivity contribution in [3.8, 4) is 5.75 Å². The standard InChI is InChI=1S/C44H62N6O6S2/c1-6-8-9-10-11-12-13-14-15-16-17-18-19-24-31-49-43(46-38-26-21-23-28-40(38)58(49,54)55)42(44(51)47-37-25-20-22-27-39(37)56-4)45-36-30-29-35(32-34(36)3)50(7-2)33-41(50)48-57(5,52)53/h20-23,25-30,32,41,48H,6-19,24,31,33H2,1-5H3/p+1. The minimum absolute atomic E-state index is 0.0512. The van der Waals surface area contributed by atoms with Crippen LogP contribution in [0.4, 0.5) is 22.7 Å². The number of amidine groups is 1. The Bertz CT molecular complexity index is 2160. The predicted molar refractivity (Wildman–Crippen MR) is 237 cm³/mol. The number of nitrogens with one attached hydrogen (secondary N) is 2. The monoisotopic (exact) mass is 835 g/mol. The Balaban J connectivity index is 1.39. The van der Waals surface area contributed by atoms with Gasteiger partial charge in [0.05, 0.1) is 37.0 Å². The number of rotatable bonds is 24. The molecule has 2 aliphatic rings. The molecule has 0 bridgehead atoms. The van der Waals surface area contributed by atoms with E-state index in [1.807, 2.05) is 26.0 Å². The molecule has 2 heterocycles. The van der Waals surface area contributed by atoms with Gasteiger partial charge in [0.2, 0.25) is 16.2 Å². The van der Waals surface area contributed by atoms with Crippen LogP contribution in [0.2, 0.25) is 0 Å². The number of hydrogen-bond donors (Lipinski definition) is 2. The molecule has 12 nitrogen and oxygen atoms in total. The summed E-state index contributed by atoms with van der Waals surface area (Å²) in [7, 11) is -5.99. The first-order valence-electron chi connectivity index (χ1n) is 21.0. The topological polar surface area (TPSA) is 147 Å². The molecular weight excluding hydrogens is 773 g/mol. The summed E-state index contributed by atoms with van der Waals surface area (Å²) in [6.45, 7) is 7.55. The predicted octanol–water partition coefficient (Wildman–Crippen LogP) is 9.15. The fourth-order valence-electron chi connectivity index (χ4n) is 7.78. The Morgan fingerprint density at radius 1 is 0.879 bits per heavy atom. The van der Waals surface area contributed by atoms with Crippen LogP contribution in [-0.2, 0) is 24.8 Å². The molecule has 1 amide bonds. The zero-order chi connectivity index (χ0) is 41.8. The van der Waals surface area contributed by atoms with Gasteiger partial charge in [-0.15, -0.1) is 0 Å². The van der Waals surface area contributed by atoms with Gasteiger partial charge >= 0.3 is 0 Å². The highest BCUT2D eigenvalue weighted by Crippen LogP contribution is 2.40. The van der Waals surface area contributed by atoms with E-state index in [-0.39, 0.29) is 34.8 Å². The van der Waals surface area contributed by atoms with Crippen molar-refractivity contribution in [2.75, 3.05) is 38.3 Å². The Hall–Kier alpha value is -4.11. The number of carbonyl (C=O) groups is 1. The van der Waals surface area contributed by atoms with Crippen molar-refractivity contribution in [1.82, 2.24) is 13.5 Å². The molecule has 0 saturated carbocycles. The molecule has 3 aromatic rings. The number of anilines is 1. The number of nitrogens with zero attached hydrogens (tertiary/aromatic N) is 4. The molecule has 2 aliphatic heterocycles. The van der Waals surface area contributed by atoms with E-state index in [1.165, 1.54) is 75.6 Å². The lowest BCUT2D eigenvalue weighted by molar-refractivity contribution is -0.110. The molecule has 14 heteroatoms. The smallest absolute Gasteiger partial charge is 0.278 e. The number of aliphatic imine (C=N–C) groups is 2. The molecule has 5 rings (SSSR count). The van der Waals surface area contributed by atoms with Gasteiger partial charge in [-0.25, -0.2) is 31.1 Å². The van der Waals surface area contributed by atoms with E-state index in [1.54, 1.807) is 54.6 Å². The Labute approximate surface area is 346 Å². The third-order valence-electron chi connectivity index (χ3n) is 11.2. The van der Waals surface area contributed by atoms with E-state index < -0.39 is 26.0 Å². The van der Waals surface area contributed by atoms with Gasteiger partial charge in [0.1, 0.15) is 16.3 Å². The fourth-order valence-corrected chi connectivity index (χ4v) is 10.1. The van der Waals surface area contributed by atoms with Crippen molar-refractivity contribution in [3.63, 3.8) is 0 Å². The Morgan fingerprint density at radius 2 is 1.48 bits per heavy atom. The van der Waals surface area contributed by atoms with Crippen LogP contribution in [0.5, 0.6) is 5.75 Å². The van der Waals surface area contributed by atoms with Crippen molar-refractivity contribution < 1.29 is 26.4 Å². The minimum atomic E-state index is -4.10. The number of hydrogen-bond acceptors (Lipinski definition) is 8. The Kier molecular flexibility index (Phi) is 16.1. The van der Waals surface area contributed by atoms with Crippen molar-refractivity contribution >= 4 is 60.3 Å². The molecule has 0 radical (unpaired) electrons. The van der Waals surface area contributed by atoms with Crippen LogP contribution in [0, 0.1) is 6.92 Å². The molecule has 2 unspecified atom stereocenters. The molecule has 3 aromatic carbocycles. The van der Waals surface area contributed by atoms with E-state index in [9.17, 15) is 21.6 Å². The van der Waals surface area contributed by atoms with E-state index >= 15 is 0 Å². The lowest BCUT2D eigenvalue weighted by Gasteiger charge is -2.30. The summed E-state index contributed by atoms with van der Waals surface area (Å²) in [6, 6.07) is 19.2. The molecule has 1 saturated heterocycles. The number of likely N-dealkylation sites (N-methyl/N-ethyl adjacent to an activating group) is 1. The second kappa shape index (κ2) is 20.7. The number of benzene rings is 3. The van der Waals surface area contributed by atoms with E-state index in [0.29, 0.717) is 41.1 Å². The number of quaternary nitrogens is 1. The van der Waals surface area contributed by atoms with Crippen LogP contribution in [0.3, 0.4) is 0 Å². The molecular formula is C44H63N6O6S2+. The van der Waals surface area contributed by atoms with E-state index in [2.05, 4.69) is 17.0 Å². The fraction of sp³-hybridized carbons (Fsp3) is 0.523. The molecule has 316 valence electrons. The second-order valence-electron chi connectivity index (χ2n) is 15.6. The number of ether oxygens (including phenoxy) is 1. The zero-order valence-corrected chi connectivity index (χ0v) is 36.6. The van der Waals surface area contributed by atoms with Crippen LogP contribution >= 0.6 is 0 Å². The summed E-state index contributed by atoms with van der Waals surface area (Å²) in [4.78, 5) is 24.3. The maximum atomic E-state index is 14.5. The van der Waals surface area contributed by atoms with Crippen LogP contribution in [0.15, 0.2) is 81.6 Å². The van der Waals surface area contributed by atoms with Gasteiger partial charge in [-0.3, -0.25) is 9.28 Å². The first kappa shape index (κ1) is 45.0. The maximum Gasteiger partial charge on any atom is 0.278 e. The Morgan fingerprint density at radius 3 is 2.09 bits per heavy atom. The highest BCUT2D eigenvalue weighted by Gasteiger charge is 2.57. The van der Waals surface area contributed by atoms with Gasteiger partial charge in [-0.2, -0.15) is 4.72 Å². The van der Waals surface area contributed by atoms with Crippen molar-refractivity contribution in [2.24, 2.45) is 9.98 Å². The van der Waals surface area contributed by atoms with E-state index in [4.69, 9.17) is 14.7 Å². The lowest BCUT2D eigenvalue weighted by atomic mass is 10.0. The number of aryl methyl sites for hydroxylation is 1. The summed E-state index contributed by atoms with van der Waals surface area (Å²) >= 11 is 0. The highest BCUT2D eigenvalue weighted by molar-refractivity contribution is 7.90. The van der Waals surface area contributed by atoms with Gasteiger partial charge in [0, 0.05) is 18.7 Å². The number of amides is 1. The van der Waals surface area contributed by atoms with Crippen molar-refractivity contribution in [3.05, 3.63) is 72.3 Å². The van der Waals surface area contributed by atoms with Crippen LogP contribution < -0.4 is 19.3 Å². The first-order chi connectivity index (χ1) is 27.8. The summed E-state index contributed by atoms with van der Waals surface area (Å²) in [6.07, 6.45) is 17.3. The van der Waals surface area contributed by atoms with Gasteiger partial charge in [0.15, 0.2) is 18.1 Å². The van der Waals surface area contributed by atoms with Gasteiger partial charge in [0.25, 0.3) is 15.9 Å². The van der Waals surface area contributed by atoms with Gasteiger partial charge < -0.3 is 10.1 Å². The number of fused-ring (bicyclic) bond motifs is 1. The molecule has 0 aromatic heterocycles. The summed E-state index contributed by atoms with van der Waals surface area (Å²) in [5.41, 5.74) is 2.56. The maximum absolute atomic E-state index is 14.5. The van der Waals surface area contributed by atoms with Crippen molar-refractivity contribution in [2.45, 2.75) is 122 Å². The number of methoxy groups -OCH3 is 1. The summed E-state index contributed by atoms with van der Waals surface area (Å²) < 4.78 is 62.8. The lowest BCUT2D eigenvalue weighted by Crippen LogP contribution is -2.47. The second-order valence-corrected chi connectivity index (χ2v) is 19.2. The van der Waals surface area contributed by atoms with Crippen LogP contribution in [-0.4, -0.2) is 77.8 Å². The SMILES string of the molecule is CCCCCCCCCCCCCCCCN1C(C(=Nc2ccc([N+]3(CC)CC3NS(C)(=O)=O)cc2C)C(=O)Nc2ccccc2OC)=Nc2ccccc2S1(=O)=O. The summed E-state index contributed by atoms with van der Waals surface area (Å²) in [5, 5.41) is 2.91. The summed E-state index contributed by atoms with van der Waals surface area (Å²) in [5.74, 6) is -0.264. The van der Waals surface area contributed by atoms with Crippen LogP contribution in [0.25, 0.3) is 0 Å². The molecule has 0 spiro atoms. The number of unbranched alkanes of at least 4 members (excludes halogenated alkanes) is 13. The third kappa shape index (κ3) is 11.5. The first-order valence-corrected chi connectivity index (χ1v) is 24.4. The minimum Gasteiger partial charge on any atom is -0.495 e. The number of carbonyl (C=O) groups excluding carboxylic acids is 1. The van der Waals surface area contributed by atoms with Crippen molar-refractivity contribution in [1.29, 1.82) is 0 Å². The average Bonchev–Trinajstić information content (AvgIpc) is 3.90. The number of para-hydroxylation sites is 3. The molecule has 2 N–H and O–H groups in total. The molecule has 1 fully saturated rings. The average molecular weight is 836 g/mol. The largest absolute Gasteiger partial charge is 0.495 e. The van der Waals surface area contributed by atoms with Crippen LogP contribution in [0.1, 0.15) is 109 Å². The van der Waals surface area contributed by atoms with Gasteiger partial charge in [-0.05, 0) is 56.2 Å². The normalized spacial score (nSPS) is 18.7. The zero-order valence-electron chi connectivity index (χ0n) is 35.0. The van der Waals surface area contributed by atoms with E-state index in [0.717, 1.165) is 36.8 Å². The molecule has 58 heavy (non-hydrogen) atoms. The quantitative estimate of drug-likeness (QED) is 0.0398.